The fourth-order valence-electron chi connectivity index (χ4n) is 4.31. The Balaban J connectivity index is 1.90. The van der Waals surface area contributed by atoms with Crippen molar-refractivity contribution in [2.24, 2.45) is 5.73 Å². The van der Waals surface area contributed by atoms with Gasteiger partial charge in [0.15, 0.2) is 11.5 Å². The minimum absolute atomic E-state index is 0.0360. The maximum atomic E-state index is 13.9. The number of aryl methyl sites for hydroxylation is 1. The van der Waals surface area contributed by atoms with E-state index in [1.165, 1.54) is 21.3 Å². The summed E-state index contributed by atoms with van der Waals surface area (Å²) in [7, 11) is 4.59. The number of nitriles is 1. The van der Waals surface area contributed by atoms with Gasteiger partial charge >= 0.3 is 0 Å². The highest BCUT2D eigenvalue weighted by atomic mass is 35.5. The molecule has 0 radical (unpaired) electrons. The van der Waals surface area contributed by atoms with Gasteiger partial charge in [-0.05, 0) is 42.3 Å². The number of hydrogen-bond acceptors (Lipinski definition) is 7. The summed E-state index contributed by atoms with van der Waals surface area (Å²) < 4.78 is 23.6. The standard InChI is InChI=1S/C26H24ClN3O5/c1-14-8-19-23(22(18(12-28)25(29)35-19)16-6-5-7-17(27)11-16)26(31)30(14)13-15-9-20(32-2)24(34-4)21(10-15)33-3/h5-11,22H,13,29H2,1-4H3/t22-/m0/s1. The van der Waals surface area contributed by atoms with Gasteiger partial charge in [0.25, 0.3) is 5.56 Å². The second-order valence-corrected chi connectivity index (χ2v) is 8.40. The van der Waals surface area contributed by atoms with Gasteiger partial charge < -0.3 is 29.2 Å². The molecule has 1 aliphatic heterocycles. The monoisotopic (exact) mass is 493 g/mol. The van der Waals surface area contributed by atoms with Gasteiger partial charge in [0.05, 0.1) is 39.4 Å². The van der Waals surface area contributed by atoms with Crippen molar-refractivity contribution >= 4 is 11.6 Å². The third-order valence-electron chi connectivity index (χ3n) is 5.94. The van der Waals surface area contributed by atoms with Gasteiger partial charge in [0.2, 0.25) is 11.6 Å². The molecule has 2 aromatic carbocycles. The molecule has 2 heterocycles. The Morgan fingerprint density at radius 2 is 1.80 bits per heavy atom. The van der Waals surface area contributed by atoms with Crippen molar-refractivity contribution in [1.29, 1.82) is 5.26 Å². The summed E-state index contributed by atoms with van der Waals surface area (Å²) in [4.78, 5) is 13.9. The molecular weight excluding hydrogens is 470 g/mol. The fourth-order valence-corrected chi connectivity index (χ4v) is 4.51. The Bertz CT molecular complexity index is 1410. The lowest BCUT2D eigenvalue weighted by Crippen LogP contribution is -2.33. The Kier molecular flexibility index (Phi) is 6.63. The zero-order chi connectivity index (χ0) is 25.3. The lowest BCUT2D eigenvalue weighted by Gasteiger charge is -2.27. The third-order valence-corrected chi connectivity index (χ3v) is 6.17. The molecule has 3 aromatic rings. The number of pyridine rings is 1. The molecule has 1 atom stereocenters. The molecule has 180 valence electrons. The van der Waals surface area contributed by atoms with Gasteiger partial charge in [-0.3, -0.25) is 4.79 Å². The number of nitrogens with zero attached hydrogens (tertiary/aromatic N) is 2. The maximum Gasteiger partial charge on any atom is 0.259 e. The predicted molar refractivity (Wildman–Crippen MR) is 131 cm³/mol. The fraction of sp³-hybridized carbons (Fsp3) is 0.231. The van der Waals surface area contributed by atoms with Crippen LogP contribution in [0.1, 0.15) is 28.3 Å². The lowest BCUT2D eigenvalue weighted by atomic mass is 9.84. The molecule has 0 saturated heterocycles. The molecule has 9 heteroatoms. The summed E-state index contributed by atoms with van der Waals surface area (Å²) in [6.45, 7) is 2.02. The van der Waals surface area contributed by atoms with Crippen LogP contribution >= 0.6 is 11.6 Å². The van der Waals surface area contributed by atoms with Crippen molar-refractivity contribution in [2.75, 3.05) is 21.3 Å². The number of benzene rings is 2. The van der Waals surface area contributed by atoms with Gasteiger partial charge in [-0.1, -0.05) is 23.7 Å². The van der Waals surface area contributed by atoms with Crippen molar-refractivity contribution in [1.82, 2.24) is 4.57 Å². The number of fused-ring (bicyclic) bond motifs is 1. The molecule has 0 aliphatic carbocycles. The smallest absolute Gasteiger partial charge is 0.259 e. The van der Waals surface area contributed by atoms with Crippen molar-refractivity contribution in [3.8, 4) is 29.1 Å². The van der Waals surface area contributed by atoms with E-state index in [1.54, 1.807) is 54.0 Å². The Morgan fingerprint density at radius 3 is 2.37 bits per heavy atom. The van der Waals surface area contributed by atoms with Crippen molar-refractivity contribution in [3.05, 3.63) is 91.7 Å². The molecule has 0 bridgehead atoms. The summed E-state index contributed by atoms with van der Waals surface area (Å²) in [5, 5.41) is 10.3. The summed E-state index contributed by atoms with van der Waals surface area (Å²) in [6.07, 6.45) is 0. The van der Waals surface area contributed by atoms with Gasteiger partial charge in [-0.15, -0.1) is 0 Å². The van der Waals surface area contributed by atoms with Crippen LogP contribution in [0.3, 0.4) is 0 Å². The van der Waals surface area contributed by atoms with Crippen LogP contribution < -0.4 is 30.2 Å². The quantitative estimate of drug-likeness (QED) is 0.550. The number of halogens is 1. The Labute approximate surface area is 207 Å². The van der Waals surface area contributed by atoms with Crippen LogP contribution in [0, 0.1) is 18.3 Å². The normalized spacial score (nSPS) is 14.6. The first-order chi connectivity index (χ1) is 16.8. The number of hydrogen-bond donors (Lipinski definition) is 1. The van der Waals surface area contributed by atoms with Crippen molar-refractivity contribution in [2.45, 2.75) is 19.4 Å². The van der Waals surface area contributed by atoms with Gasteiger partial charge in [-0.2, -0.15) is 5.26 Å². The third kappa shape index (κ3) is 4.27. The molecule has 0 unspecified atom stereocenters. The highest BCUT2D eigenvalue weighted by Crippen LogP contribution is 2.42. The van der Waals surface area contributed by atoms with E-state index in [2.05, 4.69) is 6.07 Å². The van der Waals surface area contributed by atoms with Crippen molar-refractivity contribution < 1.29 is 18.9 Å². The predicted octanol–water partition coefficient (Wildman–Crippen LogP) is 4.10. The second kappa shape index (κ2) is 9.65. The summed E-state index contributed by atoms with van der Waals surface area (Å²) in [6, 6.07) is 14.4. The SMILES string of the molecule is COc1cc(Cn2c(C)cc3c(c2=O)[C@@H](c2cccc(Cl)c2)C(C#N)=C(N)O3)cc(OC)c1OC. The molecule has 2 N–H and O–H groups in total. The van der Waals surface area contributed by atoms with E-state index in [9.17, 15) is 10.1 Å². The average molecular weight is 494 g/mol. The number of allylic oxidation sites excluding steroid dienone is 1. The lowest BCUT2D eigenvalue weighted by molar-refractivity contribution is 0.323. The highest BCUT2D eigenvalue weighted by Gasteiger charge is 2.34. The molecule has 0 spiro atoms. The average Bonchev–Trinajstić information content (AvgIpc) is 2.85. The van der Waals surface area contributed by atoms with Crippen LogP contribution in [0.15, 0.2) is 58.7 Å². The molecule has 0 amide bonds. The maximum absolute atomic E-state index is 13.9. The van der Waals surface area contributed by atoms with Gasteiger partial charge in [-0.25, -0.2) is 0 Å². The van der Waals surface area contributed by atoms with E-state index >= 15 is 0 Å². The van der Waals surface area contributed by atoms with Crippen LogP contribution in [-0.4, -0.2) is 25.9 Å². The van der Waals surface area contributed by atoms with E-state index in [1.807, 2.05) is 0 Å². The van der Waals surface area contributed by atoms with E-state index in [4.69, 9.17) is 36.3 Å². The minimum atomic E-state index is -0.721. The minimum Gasteiger partial charge on any atom is -0.493 e. The molecule has 1 aromatic heterocycles. The second-order valence-electron chi connectivity index (χ2n) is 7.97. The number of methoxy groups -OCH3 is 3. The van der Waals surface area contributed by atoms with Crippen LogP contribution in [-0.2, 0) is 6.54 Å². The largest absolute Gasteiger partial charge is 0.493 e. The van der Waals surface area contributed by atoms with Crippen LogP contribution in [0.5, 0.6) is 23.0 Å². The summed E-state index contributed by atoms with van der Waals surface area (Å²) >= 11 is 6.23. The first-order valence-electron chi connectivity index (χ1n) is 10.7. The van der Waals surface area contributed by atoms with Crippen LogP contribution in [0.2, 0.25) is 5.02 Å². The van der Waals surface area contributed by atoms with E-state index in [0.717, 1.165) is 5.56 Å². The molecule has 0 saturated carbocycles. The van der Waals surface area contributed by atoms with Crippen LogP contribution in [0.25, 0.3) is 0 Å². The van der Waals surface area contributed by atoms with E-state index in [0.29, 0.717) is 44.8 Å². The first-order valence-corrected chi connectivity index (χ1v) is 11.1. The zero-order valence-electron chi connectivity index (χ0n) is 19.7. The zero-order valence-corrected chi connectivity index (χ0v) is 20.5. The van der Waals surface area contributed by atoms with Crippen LogP contribution in [0.4, 0.5) is 0 Å². The molecule has 4 rings (SSSR count). The summed E-state index contributed by atoms with van der Waals surface area (Å²) in [5.41, 5.74) is 8.32. The Hall–Kier alpha value is -4.09. The topological polar surface area (TPSA) is 109 Å². The number of aromatic nitrogens is 1. The van der Waals surface area contributed by atoms with E-state index in [-0.39, 0.29) is 23.6 Å². The highest BCUT2D eigenvalue weighted by molar-refractivity contribution is 6.30. The number of ether oxygens (including phenoxy) is 4. The first kappa shape index (κ1) is 24.0. The number of nitrogens with two attached hydrogens (primary N) is 1. The molecular formula is C26H24ClN3O5. The molecule has 35 heavy (non-hydrogen) atoms. The van der Waals surface area contributed by atoms with Gasteiger partial charge in [0.1, 0.15) is 17.4 Å². The van der Waals surface area contributed by atoms with Gasteiger partial charge in [0, 0.05) is 16.8 Å². The summed E-state index contributed by atoms with van der Waals surface area (Å²) in [5.74, 6) is 0.978. The van der Waals surface area contributed by atoms with E-state index < -0.39 is 5.92 Å². The van der Waals surface area contributed by atoms with Crippen molar-refractivity contribution in [3.63, 3.8) is 0 Å². The number of rotatable bonds is 6. The molecule has 1 aliphatic rings. The molecule has 8 nitrogen and oxygen atoms in total. The molecule has 0 fully saturated rings. The Morgan fingerprint density at radius 1 is 1.11 bits per heavy atom.